The minimum atomic E-state index is -0.961. The number of hydrogen-bond donors (Lipinski definition) is 3. The lowest BCUT2D eigenvalue weighted by Gasteiger charge is -2.24. The van der Waals surface area contributed by atoms with Crippen molar-refractivity contribution in [3.05, 3.63) is 35.1 Å². The number of amides is 1. The first-order valence-electron chi connectivity index (χ1n) is 9.54. The van der Waals surface area contributed by atoms with Gasteiger partial charge in [0.1, 0.15) is 11.9 Å². The lowest BCUT2D eigenvalue weighted by Crippen LogP contribution is -2.43. The van der Waals surface area contributed by atoms with Crippen LogP contribution in [0.25, 0.3) is 0 Å². The van der Waals surface area contributed by atoms with Gasteiger partial charge in [0.05, 0.1) is 18.0 Å². The van der Waals surface area contributed by atoms with Crippen molar-refractivity contribution in [2.45, 2.75) is 37.2 Å². The van der Waals surface area contributed by atoms with Crippen LogP contribution in [0.3, 0.4) is 0 Å². The molecule has 1 aromatic rings. The number of nitrogens with zero attached hydrogens (tertiary/aromatic N) is 1. The Morgan fingerprint density at radius 3 is 2.86 bits per heavy atom. The van der Waals surface area contributed by atoms with Crippen molar-refractivity contribution in [3.8, 4) is 0 Å². The van der Waals surface area contributed by atoms with Gasteiger partial charge in [-0.25, -0.2) is 9.40 Å². The predicted octanol–water partition coefficient (Wildman–Crippen LogP) is 1.32. The molecule has 1 amide bonds. The normalized spacial score (nSPS) is 23.4. The zero-order valence-electron chi connectivity index (χ0n) is 15.8. The van der Waals surface area contributed by atoms with Crippen molar-refractivity contribution in [1.82, 2.24) is 15.8 Å². The molecule has 1 aliphatic carbocycles. The first-order chi connectivity index (χ1) is 13.4. The first kappa shape index (κ1) is 21.0. The molecule has 1 aliphatic heterocycles. The van der Waals surface area contributed by atoms with E-state index in [1.165, 1.54) is 6.07 Å². The third-order valence-electron chi connectivity index (χ3n) is 4.98. The predicted molar refractivity (Wildman–Crippen MR) is 103 cm³/mol. The van der Waals surface area contributed by atoms with E-state index < -0.39 is 23.7 Å². The molecule has 9 heteroatoms. The SMILES string of the molecule is CCN1NCC(Cl)C1c1cc(F)cc(C(=O)NC[C@@H](N)C(=O)OCC2CC2)c1. The fraction of sp³-hybridized carbons (Fsp3) is 0.579. The van der Waals surface area contributed by atoms with Gasteiger partial charge in [-0.2, -0.15) is 0 Å². The van der Waals surface area contributed by atoms with Crippen molar-refractivity contribution in [1.29, 1.82) is 0 Å². The van der Waals surface area contributed by atoms with Gasteiger partial charge >= 0.3 is 5.97 Å². The Morgan fingerprint density at radius 2 is 2.18 bits per heavy atom. The van der Waals surface area contributed by atoms with E-state index in [1.54, 1.807) is 6.07 Å². The number of esters is 1. The van der Waals surface area contributed by atoms with Gasteiger partial charge in [0.2, 0.25) is 0 Å². The molecule has 0 aromatic heterocycles. The minimum Gasteiger partial charge on any atom is -0.464 e. The zero-order valence-corrected chi connectivity index (χ0v) is 16.5. The van der Waals surface area contributed by atoms with Crippen LogP contribution in [0.4, 0.5) is 4.39 Å². The van der Waals surface area contributed by atoms with Crippen LogP contribution in [0.5, 0.6) is 0 Å². The van der Waals surface area contributed by atoms with Gasteiger partial charge in [0.25, 0.3) is 5.91 Å². The van der Waals surface area contributed by atoms with Crippen molar-refractivity contribution in [3.63, 3.8) is 0 Å². The smallest absolute Gasteiger partial charge is 0.324 e. The highest BCUT2D eigenvalue weighted by atomic mass is 35.5. The number of hydrogen-bond acceptors (Lipinski definition) is 6. The number of halogens is 2. The van der Waals surface area contributed by atoms with Crippen molar-refractivity contribution in [2.75, 3.05) is 26.2 Å². The maximum atomic E-state index is 14.1. The van der Waals surface area contributed by atoms with Crippen LogP contribution < -0.4 is 16.5 Å². The lowest BCUT2D eigenvalue weighted by atomic mass is 10.0. The highest BCUT2D eigenvalue weighted by Gasteiger charge is 2.33. The molecule has 3 rings (SSSR count). The van der Waals surface area contributed by atoms with Gasteiger partial charge in [-0.15, -0.1) is 11.6 Å². The number of benzene rings is 1. The van der Waals surface area contributed by atoms with Crippen LogP contribution >= 0.6 is 11.6 Å². The molecule has 1 saturated heterocycles. The highest BCUT2D eigenvalue weighted by Crippen LogP contribution is 2.31. The molecule has 0 bridgehead atoms. The number of nitrogens with two attached hydrogens (primary N) is 1. The molecule has 154 valence electrons. The molecule has 1 aromatic carbocycles. The summed E-state index contributed by atoms with van der Waals surface area (Å²) in [5.41, 5.74) is 9.70. The van der Waals surface area contributed by atoms with Crippen molar-refractivity contribution < 1.29 is 18.7 Å². The molecule has 0 radical (unpaired) electrons. The average Bonchev–Trinajstić information content (AvgIpc) is 3.43. The Balaban J connectivity index is 1.61. The second-order valence-corrected chi connectivity index (χ2v) is 7.83. The summed E-state index contributed by atoms with van der Waals surface area (Å²) in [4.78, 5) is 24.3. The molecule has 28 heavy (non-hydrogen) atoms. The van der Waals surface area contributed by atoms with E-state index in [1.807, 2.05) is 11.9 Å². The maximum absolute atomic E-state index is 14.1. The average molecular weight is 413 g/mol. The number of nitrogens with one attached hydrogen (secondary N) is 2. The second kappa shape index (κ2) is 9.17. The summed E-state index contributed by atoms with van der Waals surface area (Å²) in [5.74, 6) is -1.14. The Hall–Kier alpha value is -1.74. The van der Waals surface area contributed by atoms with Gasteiger partial charge in [-0.3, -0.25) is 15.0 Å². The maximum Gasteiger partial charge on any atom is 0.324 e. The van der Waals surface area contributed by atoms with E-state index in [2.05, 4.69) is 10.7 Å². The number of hydrazine groups is 1. The number of alkyl halides is 1. The summed E-state index contributed by atoms with van der Waals surface area (Å²) < 4.78 is 19.3. The summed E-state index contributed by atoms with van der Waals surface area (Å²) in [6.45, 7) is 3.50. The molecule has 2 aliphatic rings. The molecule has 4 N–H and O–H groups in total. The highest BCUT2D eigenvalue weighted by molar-refractivity contribution is 6.21. The van der Waals surface area contributed by atoms with Crippen molar-refractivity contribution >= 4 is 23.5 Å². The van der Waals surface area contributed by atoms with Crippen LogP contribution in [-0.2, 0) is 9.53 Å². The monoisotopic (exact) mass is 412 g/mol. The second-order valence-electron chi connectivity index (χ2n) is 7.27. The van der Waals surface area contributed by atoms with E-state index in [0.717, 1.165) is 18.9 Å². The van der Waals surface area contributed by atoms with E-state index >= 15 is 0 Å². The summed E-state index contributed by atoms with van der Waals surface area (Å²) in [6, 6.07) is 2.95. The summed E-state index contributed by atoms with van der Waals surface area (Å²) in [5, 5.41) is 4.24. The fourth-order valence-electron chi connectivity index (χ4n) is 3.20. The third-order valence-corrected chi connectivity index (χ3v) is 5.37. The Kier molecular flexibility index (Phi) is 6.87. The summed E-state index contributed by atoms with van der Waals surface area (Å²) >= 11 is 6.37. The largest absolute Gasteiger partial charge is 0.464 e. The Labute approximate surface area is 168 Å². The molecule has 2 unspecified atom stereocenters. The molecular weight excluding hydrogens is 387 g/mol. The lowest BCUT2D eigenvalue weighted by molar-refractivity contribution is -0.145. The van der Waals surface area contributed by atoms with Crippen LogP contribution in [0.15, 0.2) is 18.2 Å². The van der Waals surface area contributed by atoms with Crippen LogP contribution in [-0.4, -0.2) is 54.5 Å². The van der Waals surface area contributed by atoms with E-state index in [4.69, 9.17) is 22.1 Å². The number of rotatable bonds is 8. The van der Waals surface area contributed by atoms with Gasteiger partial charge in [-0.05, 0) is 42.5 Å². The number of carbonyl (C=O) groups is 2. The quantitative estimate of drug-likeness (QED) is 0.440. The van der Waals surface area contributed by atoms with Gasteiger partial charge in [0, 0.05) is 25.2 Å². The molecule has 2 fully saturated rings. The van der Waals surface area contributed by atoms with Crippen LogP contribution in [0.1, 0.15) is 41.7 Å². The zero-order chi connectivity index (χ0) is 20.3. The van der Waals surface area contributed by atoms with Gasteiger partial charge < -0.3 is 15.8 Å². The molecule has 3 atom stereocenters. The molecule has 7 nitrogen and oxygen atoms in total. The molecule has 1 heterocycles. The van der Waals surface area contributed by atoms with Crippen LogP contribution in [0, 0.1) is 11.7 Å². The minimum absolute atomic E-state index is 0.0849. The standard InChI is InChI=1S/C19H26ClFN4O3/c1-2-25-17(15(20)8-24-25)12-5-13(7-14(21)6-12)18(26)23-9-16(22)19(27)28-10-11-3-4-11/h5-7,11,15-17,24H,2-4,8-10,22H2,1H3,(H,23,26)/t15?,16-,17?/m1/s1. The number of carbonyl (C=O) groups excluding carboxylic acids is 2. The van der Waals surface area contributed by atoms with E-state index in [9.17, 15) is 14.0 Å². The molecule has 0 spiro atoms. The number of ether oxygens (including phenoxy) is 1. The summed E-state index contributed by atoms with van der Waals surface area (Å²) in [7, 11) is 0. The van der Waals surface area contributed by atoms with Gasteiger partial charge in [-0.1, -0.05) is 6.92 Å². The van der Waals surface area contributed by atoms with Crippen LogP contribution in [0.2, 0.25) is 0 Å². The van der Waals surface area contributed by atoms with E-state index in [0.29, 0.717) is 31.2 Å². The van der Waals surface area contributed by atoms with E-state index in [-0.39, 0.29) is 23.5 Å². The Morgan fingerprint density at radius 1 is 1.43 bits per heavy atom. The molecular formula is C19H26ClFN4O3. The van der Waals surface area contributed by atoms with Crippen molar-refractivity contribution in [2.24, 2.45) is 11.7 Å². The third kappa shape index (κ3) is 5.20. The Bertz CT molecular complexity index is 731. The van der Waals surface area contributed by atoms with Gasteiger partial charge in [0.15, 0.2) is 0 Å². The fourth-order valence-corrected chi connectivity index (χ4v) is 3.55. The topological polar surface area (TPSA) is 96.7 Å². The molecule has 1 saturated carbocycles. The first-order valence-corrected chi connectivity index (χ1v) is 9.97. The summed E-state index contributed by atoms with van der Waals surface area (Å²) in [6.07, 6.45) is 2.13.